The molecule has 0 amide bonds. The maximum atomic E-state index is 13.4. The van der Waals surface area contributed by atoms with Crippen LogP contribution in [0.5, 0.6) is 0 Å². The third-order valence-corrected chi connectivity index (χ3v) is 3.31. The van der Waals surface area contributed by atoms with Crippen molar-refractivity contribution in [1.29, 1.82) is 0 Å². The standard InChI is InChI=1S/C11H11ClF2/c12-10-3-1-2-8(10)9-6-7(13)4-5-11(9)14/h4-6,8,10H,1-3H2. The molecule has 2 atom stereocenters. The van der Waals surface area contributed by atoms with Gasteiger partial charge in [-0.1, -0.05) is 6.42 Å². The van der Waals surface area contributed by atoms with E-state index >= 15 is 0 Å². The molecular weight excluding hydrogens is 206 g/mol. The van der Waals surface area contributed by atoms with E-state index in [-0.39, 0.29) is 17.1 Å². The van der Waals surface area contributed by atoms with Gasteiger partial charge in [-0.15, -0.1) is 11.6 Å². The number of rotatable bonds is 1. The van der Waals surface area contributed by atoms with Crippen LogP contribution in [-0.4, -0.2) is 5.38 Å². The Morgan fingerprint density at radius 3 is 2.64 bits per heavy atom. The molecule has 0 aromatic heterocycles. The first kappa shape index (κ1) is 9.91. The van der Waals surface area contributed by atoms with Crippen LogP contribution >= 0.6 is 11.6 Å². The number of hydrogen-bond donors (Lipinski definition) is 0. The fourth-order valence-corrected chi connectivity index (χ4v) is 2.48. The highest BCUT2D eigenvalue weighted by molar-refractivity contribution is 6.21. The van der Waals surface area contributed by atoms with Crippen molar-refractivity contribution in [2.24, 2.45) is 0 Å². The topological polar surface area (TPSA) is 0 Å². The highest BCUT2D eigenvalue weighted by atomic mass is 35.5. The van der Waals surface area contributed by atoms with Crippen LogP contribution in [0.25, 0.3) is 0 Å². The summed E-state index contributed by atoms with van der Waals surface area (Å²) < 4.78 is 26.3. The maximum Gasteiger partial charge on any atom is 0.126 e. The average Bonchev–Trinajstić information content (AvgIpc) is 2.56. The van der Waals surface area contributed by atoms with Crippen molar-refractivity contribution >= 4 is 11.6 Å². The van der Waals surface area contributed by atoms with E-state index in [1.165, 1.54) is 12.1 Å². The van der Waals surface area contributed by atoms with E-state index in [0.29, 0.717) is 5.56 Å². The molecule has 2 unspecified atom stereocenters. The van der Waals surface area contributed by atoms with Gasteiger partial charge in [0.15, 0.2) is 0 Å². The summed E-state index contributed by atoms with van der Waals surface area (Å²) >= 11 is 6.05. The van der Waals surface area contributed by atoms with Crippen LogP contribution in [0.15, 0.2) is 18.2 Å². The zero-order valence-electron chi connectivity index (χ0n) is 7.64. The minimum atomic E-state index is -0.392. The molecule has 1 fully saturated rings. The maximum absolute atomic E-state index is 13.4. The summed E-state index contributed by atoms with van der Waals surface area (Å²) in [5.74, 6) is -0.756. The van der Waals surface area contributed by atoms with Crippen molar-refractivity contribution in [1.82, 2.24) is 0 Å². The lowest BCUT2D eigenvalue weighted by Crippen LogP contribution is -2.07. The van der Waals surface area contributed by atoms with Crippen LogP contribution < -0.4 is 0 Å². The van der Waals surface area contributed by atoms with Gasteiger partial charge in [0.1, 0.15) is 11.6 Å². The number of alkyl halides is 1. The zero-order chi connectivity index (χ0) is 10.1. The van der Waals surface area contributed by atoms with Gasteiger partial charge >= 0.3 is 0 Å². The van der Waals surface area contributed by atoms with Crippen LogP contribution in [-0.2, 0) is 0 Å². The first-order valence-corrected chi connectivity index (χ1v) is 5.21. The van der Waals surface area contributed by atoms with Gasteiger partial charge in [-0.25, -0.2) is 8.78 Å². The molecule has 3 heteroatoms. The molecule has 0 saturated heterocycles. The Labute approximate surface area is 86.9 Å². The predicted octanol–water partition coefficient (Wildman–Crippen LogP) is 3.84. The van der Waals surface area contributed by atoms with E-state index in [4.69, 9.17) is 11.6 Å². The summed E-state index contributed by atoms with van der Waals surface area (Å²) in [5, 5.41) is -0.0497. The Kier molecular flexibility index (Phi) is 2.73. The van der Waals surface area contributed by atoms with E-state index in [1.54, 1.807) is 0 Å². The highest BCUT2D eigenvalue weighted by Gasteiger charge is 2.28. The molecule has 0 bridgehead atoms. The minimum absolute atomic E-state index is 0.0210. The van der Waals surface area contributed by atoms with Crippen molar-refractivity contribution in [3.63, 3.8) is 0 Å². The Morgan fingerprint density at radius 2 is 2.00 bits per heavy atom. The SMILES string of the molecule is Fc1ccc(F)c(C2CCCC2Cl)c1. The van der Waals surface area contributed by atoms with Crippen molar-refractivity contribution in [2.45, 2.75) is 30.6 Å². The van der Waals surface area contributed by atoms with Gasteiger partial charge < -0.3 is 0 Å². The van der Waals surface area contributed by atoms with Crippen molar-refractivity contribution in [3.05, 3.63) is 35.4 Å². The van der Waals surface area contributed by atoms with Crippen LogP contribution in [0.1, 0.15) is 30.7 Å². The van der Waals surface area contributed by atoms with Crippen LogP contribution in [0, 0.1) is 11.6 Å². The van der Waals surface area contributed by atoms with Gasteiger partial charge in [0, 0.05) is 11.3 Å². The molecule has 0 aliphatic heterocycles. The van der Waals surface area contributed by atoms with Gasteiger partial charge in [-0.2, -0.15) is 0 Å². The van der Waals surface area contributed by atoms with Gasteiger partial charge in [0.2, 0.25) is 0 Å². The monoisotopic (exact) mass is 216 g/mol. The lowest BCUT2D eigenvalue weighted by molar-refractivity contribution is 0.562. The summed E-state index contributed by atoms with van der Waals surface area (Å²) in [6.45, 7) is 0. The molecule has 1 aromatic carbocycles. The Balaban J connectivity index is 2.34. The van der Waals surface area contributed by atoms with Gasteiger partial charge in [-0.05, 0) is 36.6 Å². The van der Waals surface area contributed by atoms with E-state index in [2.05, 4.69) is 0 Å². The molecule has 14 heavy (non-hydrogen) atoms. The van der Waals surface area contributed by atoms with E-state index in [9.17, 15) is 8.78 Å². The largest absolute Gasteiger partial charge is 0.207 e. The quantitative estimate of drug-likeness (QED) is 0.626. The molecule has 0 spiro atoms. The van der Waals surface area contributed by atoms with Crippen LogP contribution in [0.2, 0.25) is 0 Å². The molecule has 1 aromatic rings. The second kappa shape index (κ2) is 3.85. The number of halogens is 3. The average molecular weight is 217 g/mol. The second-order valence-electron chi connectivity index (χ2n) is 3.72. The molecule has 0 heterocycles. The summed E-state index contributed by atoms with van der Waals surface area (Å²) in [6.07, 6.45) is 2.74. The summed E-state index contributed by atoms with van der Waals surface area (Å²) in [4.78, 5) is 0. The summed E-state index contributed by atoms with van der Waals surface area (Å²) in [5.41, 5.74) is 0.433. The van der Waals surface area contributed by atoms with Crippen molar-refractivity contribution in [3.8, 4) is 0 Å². The van der Waals surface area contributed by atoms with Crippen LogP contribution in [0.4, 0.5) is 8.78 Å². The molecule has 2 rings (SSSR count). The zero-order valence-corrected chi connectivity index (χ0v) is 8.40. The van der Waals surface area contributed by atoms with Gasteiger partial charge in [0.25, 0.3) is 0 Å². The minimum Gasteiger partial charge on any atom is -0.207 e. The molecule has 1 saturated carbocycles. The van der Waals surface area contributed by atoms with E-state index in [0.717, 1.165) is 25.3 Å². The molecular formula is C11H11ClF2. The molecule has 76 valence electrons. The number of benzene rings is 1. The second-order valence-corrected chi connectivity index (χ2v) is 4.28. The van der Waals surface area contributed by atoms with Gasteiger partial charge in [-0.3, -0.25) is 0 Å². The lowest BCUT2D eigenvalue weighted by Gasteiger charge is -2.14. The molecule has 0 N–H and O–H groups in total. The first-order chi connectivity index (χ1) is 6.68. The summed E-state index contributed by atoms with van der Waals surface area (Å²) in [6, 6.07) is 3.57. The smallest absolute Gasteiger partial charge is 0.126 e. The normalized spacial score (nSPS) is 26.8. The Morgan fingerprint density at radius 1 is 1.21 bits per heavy atom. The lowest BCUT2D eigenvalue weighted by atomic mass is 9.97. The highest BCUT2D eigenvalue weighted by Crippen LogP contribution is 2.39. The molecule has 0 nitrogen and oxygen atoms in total. The fraction of sp³-hybridized carbons (Fsp3) is 0.455. The first-order valence-electron chi connectivity index (χ1n) is 4.77. The van der Waals surface area contributed by atoms with E-state index < -0.39 is 5.82 Å². The Bertz CT molecular complexity index is 338. The van der Waals surface area contributed by atoms with Crippen molar-refractivity contribution in [2.75, 3.05) is 0 Å². The van der Waals surface area contributed by atoms with Crippen molar-refractivity contribution < 1.29 is 8.78 Å². The third-order valence-electron chi connectivity index (χ3n) is 2.79. The Hall–Kier alpha value is -0.630. The number of hydrogen-bond acceptors (Lipinski definition) is 0. The molecule has 1 aliphatic rings. The fourth-order valence-electron chi connectivity index (χ4n) is 2.06. The third kappa shape index (κ3) is 1.76. The van der Waals surface area contributed by atoms with Gasteiger partial charge in [0.05, 0.1) is 0 Å². The summed E-state index contributed by atoms with van der Waals surface area (Å²) in [7, 11) is 0. The molecule has 0 radical (unpaired) electrons. The van der Waals surface area contributed by atoms with Crippen LogP contribution in [0.3, 0.4) is 0 Å². The predicted molar refractivity (Wildman–Crippen MR) is 52.6 cm³/mol. The van der Waals surface area contributed by atoms with E-state index in [1.807, 2.05) is 0 Å². The molecule has 1 aliphatic carbocycles.